The van der Waals surface area contributed by atoms with Gasteiger partial charge in [-0.3, -0.25) is 4.79 Å². The molecule has 2 N–H and O–H groups in total. The summed E-state index contributed by atoms with van der Waals surface area (Å²) in [4.78, 5) is 13.9. The van der Waals surface area contributed by atoms with Crippen LogP contribution in [0.15, 0.2) is 12.1 Å². The molecule has 1 heterocycles. The molecule has 0 aliphatic heterocycles. The molecule has 0 saturated heterocycles. The number of amides is 1. The molecule has 0 fully saturated rings. The average Bonchev–Trinajstić information content (AvgIpc) is 2.63. The van der Waals surface area contributed by atoms with Crippen molar-refractivity contribution in [3.8, 4) is 0 Å². The molecule has 0 spiro atoms. The molecule has 0 aliphatic carbocycles. The Hall–Kier alpha value is -0.870. The number of rotatable bonds is 6. The van der Waals surface area contributed by atoms with E-state index in [2.05, 4.69) is 29.7 Å². The minimum atomic E-state index is 0.0694. The van der Waals surface area contributed by atoms with Crippen molar-refractivity contribution in [1.29, 1.82) is 0 Å². The fourth-order valence-electron chi connectivity index (χ4n) is 1.27. The van der Waals surface area contributed by atoms with Gasteiger partial charge in [-0.05, 0) is 19.1 Å². The van der Waals surface area contributed by atoms with Crippen LogP contribution in [0.4, 0.5) is 0 Å². The van der Waals surface area contributed by atoms with Crippen molar-refractivity contribution in [2.75, 3.05) is 13.1 Å². The predicted octanol–water partition coefficient (Wildman–Crippen LogP) is 1.92. The molecule has 1 aromatic heterocycles. The lowest BCUT2D eigenvalue weighted by molar-refractivity contribution is -0.123. The number of carbonyl (C=O) groups is 1. The van der Waals surface area contributed by atoms with Gasteiger partial charge in [0.25, 0.3) is 0 Å². The second kappa shape index (κ2) is 6.66. The Morgan fingerprint density at radius 2 is 2.12 bits per heavy atom. The fraction of sp³-hybridized carbons (Fsp3) is 0.583. The van der Waals surface area contributed by atoms with E-state index in [0.717, 1.165) is 13.1 Å². The first-order valence-corrected chi connectivity index (χ1v) is 6.45. The molecule has 0 aromatic carbocycles. The van der Waals surface area contributed by atoms with Crippen molar-refractivity contribution in [1.82, 2.24) is 10.6 Å². The maximum atomic E-state index is 11.2. The summed E-state index contributed by atoms with van der Waals surface area (Å²) in [7, 11) is 0. The van der Waals surface area contributed by atoms with E-state index in [0.29, 0.717) is 6.54 Å². The minimum absolute atomic E-state index is 0.0694. The van der Waals surface area contributed by atoms with Gasteiger partial charge >= 0.3 is 0 Å². The molecule has 3 nitrogen and oxygen atoms in total. The second-order valence-electron chi connectivity index (χ2n) is 4.13. The zero-order valence-corrected chi connectivity index (χ0v) is 11.0. The molecule has 90 valence electrons. The number of hydrogen-bond donors (Lipinski definition) is 2. The molecule has 16 heavy (non-hydrogen) atoms. The van der Waals surface area contributed by atoms with Gasteiger partial charge in [0.1, 0.15) is 0 Å². The predicted molar refractivity (Wildman–Crippen MR) is 68.6 cm³/mol. The Labute approximate surface area is 101 Å². The highest BCUT2D eigenvalue weighted by molar-refractivity contribution is 7.11. The van der Waals surface area contributed by atoms with E-state index in [1.807, 2.05) is 25.2 Å². The molecule has 0 aliphatic rings. The molecule has 0 radical (unpaired) electrons. The largest absolute Gasteiger partial charge is 0.355 e. The Morgan fingerprint density at radius 3 is 2.69 bits per heavy atom. The zero-order valence-electron chi connectivity index (χ0n) is 10.2. The molecule has 0 saturated carbocycles. The van der Waals surface area contributed by atoms with Crippen LogP contribution in [0.25, 0.3) is 0 Å². The zero-order chi connectivity index (χ0) is 12.0. The van der Waals surface area contributed by atoms with Crippen LogP contribution in [-0.2, 0) is 11.3 Å². The maximum absolute atomic E-state index is 11.2. The van der Waals surface area contributed by atoms with Crippen LogP contribution in [-0.4, -0.2) is 19.0 Å². The normalized spacial score (nSPS) is 10.8. The Morgan fingerprint density at radius 1 is 1.38 bits per heavy atom. The summed E-state index contributed by atoms with van der Waals surface area (Å²) in [6, 6.07) is 4.27. The first kappa shape index (κ1) is 13.2. The van der Waals surface area contributed by atoms with Crippen LogP contribution >= 0.6 is 11.3 Å². The van der Waals surface area contributed by atoms with Crippen LogP contribution in [0.2, 0.25) is 0 Å². The van der Waals surface area contributed by atoms with E-state index >= 15 is 0 Å². The monoisotopic (exact) mass is 240 g/mol. The third-order valence-corrected chi connectivity index (χ3v) is 3.22. The van der Waals surface area contributed by atoms with Crippen LogP contribution in [0.1, 0.15) is 23.6 Å². The van der Waals surface area contributed by atoms with E-state index in [1.54, 1.807) is 0 Å². The number of aryl methyl sites for hydroxylation is 1. The first-order chi connectivity index (χ1) is 7.59. The molecule has 0 unspecified atom stereocenters. The quantitative estimate of drug-likeness (QED) is 0.746. The van der Waals surface area contributed by atoms with Crippen LogP contribution in [0.3, 0.4) is 0 Å². The lowest BCUT2D eigenvalue weighted by Gasteiger charge is -2.07. The Kier molecular flexibility index (Phi) is 5.49. The molecule has 1 aromatic rings. The van der Waals surface area contributed by atoms with E-state index in [1.165, 1.54) is 9.75 Å². The van der Waals surface area contributed by atoms with Crippen molar-refractivity contribution in [3.63, 3.8) is 0 Å². The third-order valence-electron chi connectivity index (χ3n) is 2.22. The van der Waals surface area contributed by atoms with Gasteiger partial charge in [0.15, 0.2) is 0 Å². The number of nitrogens with one attached hydrogen (secondary N) is 2. The smallest absolute Gasteiger partial charge is 0.222 e. The van der Waals surface area contributed by atoms with Gasteiger partial charge in [0.2, 0.25) is 5.91 Å². The standard InChI is InChI=1S/C12H20N2OS/c1-9(2)12(15)14-7-6-13-8-11-5-4-10(3)16-11/h4-5,9,13H,6-8H2,1-3H3,(H,14,15). The second-order valence-corrected chi connectivity index (χ2v) is 5.51. The highest BCUT2D eigenvalue weighted by Gasteiger charge is 2.04. The summed E-state index contributed by atoms with van der Waals surface area (Å²) in [6.07, 6.45) is 0. The lowest BCUT2D eigenvalue weighted by atomic mass is 10.2. The van der Waals surface area contributed by atoms with Gasteiger partial charge < -0.3 is 10.6 Å². The maximum Gasteiger partial charge on any atom is 0.222 e. The minimum Gasteiger partial charge on any atom is -0.355 e. The topological polar surface area (TPSA) is 41.1 Å². The summed E-state index contributed by atoms with van der Waals surface area (Å²) in [5.74, 6) is 0.189. The van der Waals surface area contributed by atoms with Crippen molar-refractivity contribution in [2.45, 2.75) is 27.3 Å². The summed E-state index contributed by atoms with van der Waals surface area (Å²) in [5, 5.41) is 6.18. The number of thiophene rings is 1. The van der Waals surface area contributed by atoms with Gasteiger partial charge in [-0.1, -0.05) is 13.8 Å². The summed E-state index contributed by atoms with van der Waals surface area (Å²) >= 11 is 1.81. The van der Waals surface area contributed by atoms with Crippen molar-refractivity contribution >= 4 is 17.2 Å². The Balaban J connectivity index is 2.06. The molecule has 1 amide bonds. The first-order valence-electron chi connectivity index (χ1n) is 5.63. The van der Waals surface area contributed by atoms with Gasteiger partial charge in [-0.25, -0.2) is 0 Å². The molecule has 0 atom stereocenters. The van der Waals surface area contributed by atoms with Crippen molar-refractivity contribution in [2.24, 2.45) is 5.92 Å². The number of hydrogen-bond acceptors (Lipinski definition) is 3. The van der Waals surface area contributed by atoms with E-state index in [9.17, 15) is 4.79 Å². The average molecular weight is 240 g/mol. The third kappa shape index (κ3) is 4.77. The summed E-state index contributed by atoms with van der Waals surface area (Å²) < 4.78 is 0. The van der Waals surface area contributed by atoms with Crippen LogP contribution in [0, 0.1) is 12.8 Å². The van der Waals surface area contributed by atoms with Gasteiger partial charge in [-0.2, -0.15) is 0 Å². The van der Waals surface area contributed by atoms with Gasteiger partial charge in [0.05, 0.1) is 0 Å². The SMILES string of the molecule is Cc1ccc(CNCCNC(=O)C(C)C)s1. The van der Waals surface area contributed by atoms with Gasteiger partial charge in [-0.15, -0.1) is 11.3 Å². The molecule has 1 rings (SSSR count). The Bertz CT molecular complexity index is 334. The van der Waals surface area contributed by atoms with Gasteiger partial charge in [0, 0.05) is 35.3 Å². The van der Waals surface area contributed by atoms with Crippen molar-refractivity contribution in [3.05, 3.63) is 21.9 Å². The van der Waals surface area contributed by atoms with Crippen molar-refractivity contribution < 1.29 is 4.79 Å². The number of carbonyl (C=O) groups excluding carboxylic acids is 1. The van der Waals surface area contributed by atoms with E-state index in [4.69, 9.17) is 0 Å². The molecular formula is C12H20N2OS. The van der Waals surface area contributed by atoms with Crippen LogP contribution < -0.4 is 10.6 Å². The lowest BCUT2D eigenvalue weighted by Crippen LogP contribution is -2.33. The highest BCUT2D eigenvalue weighted by atomic mass is 32.1. The summed E-state index contributed by atoms with van der Waals surface area (Å²) in [5.41, 5.74) is 0. The van der Waals surface area contributed by atoms with E-state index < -0.39 is 0 Å². The highest BCUT2D eigenvalue weighted by Crippen LogP contribution is 2.14. The van der Waals surface area contributed by atoms with Crippen LogP contribution in [0.5, 0.6) is 0 Å². The summed E-state index contributed by atoms with van der Waals surface area (Å²) in [6.45, 7) is 8.30. The molecular weight excluding hydrogens is 220 g/mol. The molecule has 0 bridgehead atoms. The van der Waals surface area contributed by atoms with E-state index in [-0.39, 0.29) is 11.8 Å². The molecule has 4 heteroatoms. The fourth-order valence-corrected chi connectivity index (χ4v) is 2.13.